The molecule has 5 nitrogen and oxygen atoms in total. The lowest BCUT2D eigenvalue weighted by atomic mass is 10.0. The van der Waals surface area contributed by atoms with Crippen molar-refractivity contribution in [2.45, 2.75) is 26.0 Å². The molecule has 0 saturated carbocycles. The lowest BCUT2D eigenvalue weighted by Gasteiger charge is -2.18. The summed E-state index contributed by atoms with van der Waals surface area (Å²) >= 11 is 3.32. The fraction of sp³-hybridized carbons (Fsp3) is 0.538. The molecular weight excluding hydrogens is 312 g/mol. The molecule has 1 aromatic carbocycles. The zero-order chi connectivity index (χ0) is 14.0. The summed E-state index contributed by atoms with van der Waals surface area (Å²) in [5.41, 5.74) is 1.02. The van der Waals surface area contributed by atoms with E-state index in [1.807, 2.05) is 13.0 Å². The van der Waals surface area contributed by atoms with Gasteiger partial charge in [-0.2, -0.15) is 0 Å². The van der Waals surface area contributed by atoms with E-state index >= 15 is 0 Å². The lowest BCUT2D eigenvalue weighted by Crippen LogP contribution is -2.24. The van der Waals surface area contributed by atoms with E-state index in [2.05, 4.69) is 20.8 Å². The molecule has 1 aliphatic heterocycles. The quantitative estimate of drug-likeness (QED) is 0.681. The van der Waals surface area contributed by atoms with Crippen LogP contribution in [0.1, 0.15) is 18.9 Å². The maximum atomic E-state index is 10.9. The number of aliphatic hydroxyl groups is 1. The molecule has 0 aromatic heterocycles. The van der Waals surface area contributed by atoms with E-state index in [-0.39, 0.29) is 16.7 Å². The third-order valence-electron chi connectivity index (χ3n) is 3.64. The van der Waals surface area contributed by atoms with Crippen LogP contribution in [0.15, 0.2) is 22.7 Å². The summed E-state index contributed by atoms with van der Waals surface area (Å²) < 4.78 is 0.556. The summed E-state index contributed by atoms with van der Waals surface area (Å²) in [5, 5.41) is 20.5. The zero-order valence-electron chi connectivity index (χ0n) is 10.8. The highest BCUT2D eigenvalue weighted by Gasteiger charge is 2.27. The minimum absolute atomic E-state index is 0.101. The number of nitro groups is 1. The van der Waals surface area contributed by atoms with Crippen molar-refractivity contribution in [2.75, 3.05) is 13.1 Å². The fourth-order valence-electron chi connectivity index (χ4n) is 2.47. The number of nitro benzene ring substituents is 1. The molecule has 1 heterocycles. The molecule has 0 radical (unpaired) electrons. The Morgan fingerprint density at radius 3 is 2.95 bits per heavy atom. The number of halogens is 1. The smallest absolute Gasteiger partial charge is 0.283 e. The molecule has 1 fully saturated rings. The molecule has 19 heavy (non-hydrogen) atoms. The van der Waals surface area contributed by atoms with Gasteiger partial charge >= 0.3 is 0 Å². The van der Waals surface area contributed by atoms with Crippen LogP contribution in [-0.2, 0) is 6.54 Å². The number of rotatable bonds is 4. The Morgan fingerprint density at radius 1 is 1.63 bits per heavy atom. The molecule has 104 valence electrons. The predicted molar refractivity (Wildman–Crippen MR) is 75.9 cm³/mol. The van der Waals surface area contributed by atoms with Crippen LogP contribution in [0.5, 0.6) is 0 Å². The van der Waals surface area contributed by atoms with Crippen molar-refractivity contribution in [1.82, 2.24) is 4.90 Å². The van der Waals surface area contributed by atoms with E-state index in [1.165, 1.54) is 6.07 Å². The molecule has 2 atom stereocenters. The molecule has 1 aromatic rings. The first-order chi connectivity index (χ1) is 8.99. The van der Waals surface area contributed by atoms with Crippen molar-refractivity contribution >= 4 is 21.6 Å². The van der Waals surface area contributed by atoms with E-state index in [1.54, 1.807) is 6.07 Å². The summed E-state index contributed by atoms with van der Waals surface area (Å²) in [6, 6.07) is 5.10. The molecule has 1 aliphatic rings. The summed E-state index contributed by atoms with van der Waals surface area (Å²) in [7, 11) is 0. The molecule has 0 aliphatic carbocycles. The molecule has 1 saturated heterocycles. The number of hydrogen-bond acceptors (Lipinski definition) is 4. The molecular formula is C13H17BrN2O3. The third-order valence-corrected chi connectivity index (χ3v) is 4.56. The molecule has 0 bridgehead atoms. The Kier molecular flexibility index (Phi) is 4.54. The van der Waals surface area contributed by atoms with Crippen molar-refractivity contribution < 1.29 is 10.0 Å². The van der Waals surface area contributed by atoms with Crippen molar-refractivity contribution in [3.05, 3.63) is 38.3 Å². The Hall–Kier alpha value is -0.980. The average Bonchev–Trinajstić information content (AvgIpc) is 2.80. The minimum atomic E-state index is -0.379. The summed E-state index contributed by atoms with van der Waals surface area (Å²) in [5.74, 6) is 0.303. The Bertz CT molecular complexity index is 479. The van der Waals surface area contributed by atoms with Gasteiger partial charge in [-0.15, -0.1) is 0 Å². The number of nitrogens with zero attached hydrogens (tertiary/aromatic N) is 2. The van der Waals surface area contributed by atoms with Crippen molar-refractivity contribution in [3.8, 4) is 0 Å². The van der Waals surface area contributed by atoms with Crippen LogP contribution in [0.3, 0.4) is 0 Å². The number of likely N-dealkylation sites (tertiary alicyclic amines) is 1. The van der Waals surface area contributed by atoms with Crippen LogP contribution in [0.4, 0.5) is 5.69 Å². The Morgan fingerprint density at radius 2 is 2.37 bits per heavy atom. The average molecular weight is 329 g/mol. The second-order valence-electron chi connectivity index (χ2n) is 5.03. The maximum Gasteiger partial charge on any atom is 0.283 e. The van der Waals surface area contributed by atoms with Gasteiger partial charge in [0.15, 0.2) is 0 Å². The van der Waals surface area contributed by atoms with E-state index in [0.717, 1.165) is 25.1 Å². The van der Waals surface area contributed by atoms with Crippen molar-refractivity contribution in [1.29, 1.82) is 0 Å². The first kappa shape index (κ1) is 14.4. The van der Waals surface area contributed by atoms with E-state index < -0.39 is 0 Å². The highest BCUT2D eigenvalue weighted by atomic mass is 79.9. The SMILES string of the molecule is CC(O)C1CCN(Cc2cccc([N+](=O)[O-])c2Br)C1. The van der Waals surface area contributed by atoms with Gasteiger partial charge < -0.3 is 5.11 Å². The van der Waals surface area contributed by atoms with E-state index in [4.69, 9.17) is 0 Å². The van der Waals surface area contributed by atoms with Gasteiger partial charge in [0, 0.05) is 19.2 Å². The second-order valence-corrected chi connectivity index (χ2v) is 5.82. The highest BCUT2D eigenvalue weighted by Crippen LogP contribution is 2.30. The van der Waals surface area contributed by atoms with Gasteiger partial charge in [-0.3, -0.25) is 15.0 Å². The fourth-order valence-corrected chi connectivity index (χ4v) is 3.00. The first-order valence-corrected chi connectivity index (χ1v) is 7.10. The van der Waals surface area contributed by atoms with Crippen LogP contribution < -0.4 is 0 Å². The van der Waals surface area contributed by atoms with E-state index in [9.17, 15) is 15.2 Å². The van der Waals surface area contributed by atoms with Crippen molar-refractivity contribution in [2.24, 2.45) is 5.92 Å². The van der Waals surface area contributed by atoms with Crippen LogP contribution >= 0.6 is 15.9 Å². The van der Waals surface area contributed by atoms with Crippen LogP contribution in [0, 0.1) is 16.0 Å². The standard InChI is InChI=1S/C13H17BrN2O3/c1-9(17)10-5-6-15(7-10)8-11-3-2-4-12(13(11)14)16(18)19/h2-4,9-10,17H,5-8H2,1H3. The van der Waals surface area contributed by atoms with Gasteiger partial charge in [-0.1, -0.05) is 12.1 Å². The number of hydrogen-bond donors (Lipinski definition) is 1. The molecule has 2 unspecified atom stereocenters. The normalized spacial score (nSPS) is 21.5. The topological polar surface area (TPSA) is 66.6 Å². The predicted octanol–water partition coefficient (Wildman–Crippen LogP) is 2.56. The third kappa shape index (κ3) is 3.32. The second kappa shape index (κ2) is 5.98. The molecule has 0 spiro atoms. The molecule has 1 N–H and O–H groups in total. The van der Waals surface area contributed by atoms with Crippen LogP contribution in [-0.4, -0.2) is 34.1 Å². The van der Waals surface area contributed by atoms with Gasteiger partial charge in [-0.05, 0) is 47.3 Å². The zero-order valence-corrected chi connectivity index (χ0v) is 12.3. The van der Waals surface area contributed by atoms with Crippen molar-refractivity contribution in [3.63, 3.8) is 0 Å². The minimum Gasteiger partial charge on any atom is -0.393 e. The van der Waals surface area contributed by atoms with Crippen LogP contribution in [0.25, 0.3) is 0 Å². The van der Waals surface area contributed by atoms with Gasteiger partial charge in [-0.25, -0.2) is 0 Å². The lowest BCUT2D eigenvalue weighted by molar-refractivity contribution is -0.385. The van der Waals surface area contributed by atoms with Crippen LogP contribution in [0.2, 0.25) is 0 Å². The Balaban J connectivity index is 2.08. The highest BCUT2D eigenvalue weighted by molar-refractivity contribution is 9.10. The van der Waals surface area contributed by atoms with Gasteiger partial charge in [0.05, 0.1) is 15.5 Å². The first-order valence-electron chi connectivity index (χ1n) is 6.31. The van der Waals surface area contributed by atoms with Gasteiger partial charge in [0.25, 0.3) is 5.69 Å². The monoisotopic (exact) mass is 328 g/mol. The summed E-state index contributed by atoms with van der Waals surface area (Å²) in [6.07, 6.45) is 0.683. The van der Waals surface area contributed by atoms with Gasteiger partial charge in [0.2, 0.25) is 0 Å². The maximum absolute atomic E-state index is 10.9. The molecule has 0 amide bonds. The summed E-state index contributed by atoms with van der Waals surface area (Å²) in [4.78, 5) is 12.7. The molecule has 2 rings (SSSR count). The van der Waals surface area contributed by atoms with E-state index in [0.29, 0.717) is 16.9 Å². The van der Waals surface area contributed by atoms with Gasteiger partial charge in [0.1, 0.15) is 0 Å². The molecule has 6 heteroatoms. The largest absolute Gasteiger partial charge is 0.393 e. The number of aliphatic hydroxyl groups excluding tert-OH is 1. The number of benzene rings is 1. The Labute approximate surface area is 120 Å². The summed E-state index contributed by atoms with van der Waals surface area (Å²) in [6.45, 7) is 4.25.